The van der Waals surface area contributed by atoms with Crippen molar-refractivity contribution in [1.29, 1.82) is 0 Å². The van der Waals surface area contributed by atoms with Gasteiger partial charge in [0.05, 0.1) is 6.42 Å². The van der Waals surface area contributed by atoms with Crippen LogP contribution in [0.4, 0.5) is 4.39 Å². The summed E-state index contributed by atoms with van der Waals surface area (Å²) in [4.78, 5) is 17.1. The third-order valence-electron chi connectivity index (χ3n) is 6.13. The molecule has 0 saturated carbocycles. The molecule has 2 aliphatic rings. The quantitative estimate of drug-likeness (QED) is 0.772. The number of ether oxygens (including phenoxy) is 1. The number of rotatable bonds is 6. The van der Waals surface area contributed by atoms with Crippen LogP contribution in [0.3, 0.4) is 0 Å². The largest absolute Gasteiger partial charge is 0.490 e. The summed E-state index contributed by atoms with van der Waals surface area (Å²) in [5.41, 5.74) is 2.35. The highest BCUT2D eigenvalue weighted by Crippen LogP contribution is 2.20. The lowest BCUT2D eigenvalue weighted by Crippen LogP contribution is -2.48. The number of carbonyl (C=O) groups is 1. The molecule has 4 rings (SSSR count). The first-order valence-corrected chi connectivity index (χ1v) is 11.3. The second-order valence-corrected chi connectivity index (χ2v) is 8.74. The maximum atomic E-state index is 13.3. The van der Waals surface area contributed by atoms with E-state index in [9.17, 15) is 9.18 Å². The summed E-state index contributed by atoms with van der Waals surface area (Å²) in [5, 5.41) is 3.47. The molecular weight excluding hydrogens is 393 g/mol. The van der Waals surface area contributed by atoms with E-state index in [1.54, 1.807) is 12.1 Å². The van der Waals surface area contributed by atoms with Crippen molar-refractivity contribution in [3.63, 3.8) is 0 Å². The van der Waals surface area contributed by atoms with Gasteiger partial charge < -0.3 is 15.0 Å². The molecule has 0 unspecified atom stereocenters. The Kier molecular flexibility index (Phi) is 7.20. The first-order valence-electron chi connectivity index (χ1n) is 11.3. The van der Waals surface area contributed by atoms with E-state index in [0.717, 1.165) is 44.6 Å². The standard InChI is InChI=1S/C25H32FN3O2/c1-19-17-28(14-11-27-19)18-21-7-5-20(6-8-21)15-25(30)29-12-9-23(10-13-29)31-24-4-2-3-22(26)16-24/h2-8,16,19,23,27H,9-15,17-18H2,1H3/t19-/m0/s1. The van der Waals surface area contributed by atoms with Gasteiger partial charge >= 0.3 is 0 Å². The Bertz CT molecular complexity index is 865. The molecule has 2 aromatic carbocycles. The minimum Gasteiger partial charge on any atom is -0.490 e. The van der Waals surface area contributed by atoms with Gasteiger partial charge in [-0.1, -0.05) is 30.3 Å². The number of carbonyl (C=O) groups excluding carboxylic acids is 1. The van der Waals surface area contributed by atoms with Gasteiger partial charge in [0.25, 0.3) is 0 Å². The molecule has 2 aliphatic heterocycles. The van der Waals surface area contributed by atoms with E-state index in [1.807, 2.05) is 4.90 Å². The Morgan fingerprint density at radius 3 is 2.55 bits per heavy atom. The first kappa shape index (κ1) is 21.8. The number of hydrogen-bond acceptors (Lipinski definition) is 4. The van der Waals surface area contributed by atoms with Crippen molar-refractivity contribution in [3.8, 4) is 5.75 Å². The SMILES string of the molecule is C[C@H]1CN(Cc2ccc(CC(=O)N3CCC(Oc4cccc(F)c4)CC3)cc2)CCN1. The second-order valence-electron chi connectivity index (χ2n) is 8.74. The zero-order chi connectivity index (χ0) is 21.6. The van der Waals surface area contributed by atoms with Crippen LogP contribution in [0.15, 0.2) is 48.5 Å². The van der Waals surface area contributed by atoms with Crippen molar-refractivity contribution in [2.24, 2.45) is 0 Å². The average molecular weight is 426 g/mol. The molecule has 1 N–H and O–H groups in total. The zero-order valence-electron chi connectivity index (χ0n) is 18.2. The Labute approximate surface area is 184 Å². The highest BCUT2D eigenvalue weighted by Gasteiger charge is 2.24. The minimum atomic E-state index is -0.293. The molecule has 1 amide bonds. The fraction of sp³-hybridized carbons (Fsp3) is 0.480. The predicted octanol–water partition coefficient (Wildman–Crippen LogP) is 3.23. The molecule has 0 radical (unpaired) electrons. The third-order valence-corrected chi connectivity index (χ3v) is 6.13. The summed E-state index contributed by atoms with van der Waals surface area (Å²) in [7, 11) is 0. The number of nitrogens with zero attached hydrogens (tertiary/aromatic N) is 2. The van der Waals surface area contributed by atoms with E-state index >= 15 is 0 Å². The summed E-state index contributed by atoms with van der Waals surface area (Å²) in [6.45, 7) is 7.72. The molecule has 1 atom stereocenters. The fourth-order valence-corrected chi connectivity index (χ4v) is 4.42. The summed E-state index contributed by atoms with van der Waals surface area (Å²) in [5.74, 6) is 0.423. The van der Waals surface area contributed by atoms with Crippen molar-refractivity contribution < 1.29 is 13.9 Å². The number of benzene rings is 2. The van der Waals surface area contributed by atoms with Crippen LogP contribution in [-0.4, -0.2) is 60.6 Å². The van der Waals surface area contributed by atoms with Crippen LogP contribution < -0.4 is 10.1 Å². The van der Waals surface area contributed by atoms with E-state index in [2.05, 4.69) is 41.4 Å². The average Bonchev–Trinajstić information content (AvgIpc) is 2.76. The minimum absolute atomic E-state index is 0.0258. The van der Waals surface area contributed by atoms with Gasteiger partial charge in [-0.3, -0.25) is 9.69 Å². The molecule has 2 fully saturated rings. The molecule has 5 nitrogen and oxygen atoms in total. The van der Waals surface area contributed by atoms with Gasteiger partial charge in [-0.2, -0.15) is 0 Å². The highest BCUT2D eigenvalue weighted by atomic mass is 19.1. The van der Waals surface area contributed by atoms with Crippen LogP contribution in [0.5, 0.6) is 5.75 Å². The Morgan fingerprint density at radius 2 is 1.84 bits per heavy atom. The van der Waals surface area contributed by atoms with Gasteiger partial charge in [0.15, 0.2) is 0 Å². The Balaban J connectivity index is 1.22. The van der Waals surface area contributed by atoms with Crippen LogP contribution >= 0.6 is 0 Å². The number of piperidine rings is 1. The third kappa shape index (κ3) is 6.28. The van der Waals surface area contributed by atoms with E-state index in [-0.39, 0.29) is 17.8 Å². The zero-order valence-corrected chi connectivity index (χ0v) is 18.2. The van der Waals surface area contributed by atoms with Crippen molar-refractivity contribution in [1.82, 2.24) is 15.1 Å². The predicted molar refractivity (Wildman–Crippen MR) is 120 cm³/mol. The van der Waals surface area contributed by atoms with E-state index in [0.29, 0.717) is 31.3 Å². The van der Waals surface area contributed by atoms with Gasteiger partial charge in [-0.05, 0) is 30.2 Å². The second kappa shape index (κ2) is 10.2. The number of hydrogen-bond donors (Lipinski definition) is 1. The molecule has 2 saturated heterocycles. The van der Waals surface area contributed by atoms with Crippen LogP contribution in [0, 0.1) is 5.82 Å². The molecule has 166 valence electrons. The van der Waals surface area contributed by atoms with Gasteiger partial charge in [0, 0.05) is 64.2 Å². The van der Waals surface area contributed by atoms with Crippen LogP contribution in [-0.2, 0) is 17.8 Å². The molecule has 2 heterocycles. The molecule has 0 bridgehead atoms. The molecule has 6 heteroatoms. The number of nitrogens with one attached hydrogen (secondary N) is 1. The molecule has 2 aromatic rings. The topological polar surface area (TPSA) is 44.8 Å². The Hall–Kier alpha value is -2.44. The maximum absolute atomic E-state index is 13.3. The van der Waals surface area contributed by atoms with Crippen molar-refractivity contribution >= 4 is 5.91 Å². The normalized spacial score (nSPS) is 20.6. The lowest BCUT2D eigenvalue weighted by molar-refractivity contribution is -0.132. The van der Waals surface area contributed by atoms with Crippen LogP contribution in [0.1, 0.15) is 30.9 Å². The Morgan fingerprint density at radius 1 is 1.10 bits per heavy atom. The lowest BCUT2D eigenvalue weighted by Gasteiger charge is -2.32. The molecule has 0 spiro atoms. The number of amides is 1. The molecule has 31 heavy (non-hydrogen) atoms. The van der Waals surface area contributed by atoms with E-state index < -0.39 is 0 Å². The van der Waals surface area contributed by atoms with Gasteiger partial charge in [-0.25, -0.2) is 4.39 Å². The number of piperazine rings is 1. The summed E-state index contributed by atoms with van der Waals surface area (Å²) in [6, 6.07) is 15.2. The van der Waals surface area contributed by atoms with Gasteiger partial charge in [0.1, 0.15) is 17.7 Å². The first-order chi connectivity index (χ1) is 15.0. The summed E-state index contributed by atoms with van der Waals surface area (Å²) < 4.78 is 19.2. The van der Waals surface area contributed by atoms with E-state index in [4.69, 9.17) is 4.74 Å². The lowest BCUT2D eigenvalue weighted by atomic mass is 10.0. The molecular formula is C25H32FN3O2. The fourth-order valence-electron chi connectivity index (χ4n) is 4.42. The number of halogens is 1. The van der Waals surface area contributed by atoms with Crippen molar-refractivity contribution in [2.75, 3.05) is 32.7 Å². The van der Waals surface area contributed by atoms with Gasteiger partial charge in [-0.15, -0.1) is 0 Å². The van der Waals surface area contributed by atoms with E-state index in [1.165, 1.54) is 17.7 Å². The monoisotopic (exact) mass is 425 g/mol. The molecule has 0 aromatic heterocycles. The van der Waals surface area contributed by atoms with Crippen LogP contribution in [0.25, 0.3) is 0 Å². The van der Waals surface area contributed by atoms with Crippen molar-refractivity contribution in [3.05, 3.63) is 65.5 Å². The van der Waals surface area contributed by atoms with Crippen LogP contribution in [0.2, 0.25) is 0 Å². The summed E-state index contributed by atoms with van der Waals surface area (Å²) in [6.07, 6.45) is 1.99. The summed E-state index contributed by atoms with van der Waals surface area (Å²) >= 11 is 0. The number of likely N-dealkylation sites (tertiary alicyclic amines) is 1. The van der Waals surface area contributed by atoms with Gasteiger partial charge in [0.2, 0.25) is 5.91 Å². The highest BCUT2D eigenvalue weighted by molar-refractivity contribution is 5.78. The van der Waals surface area contributed by atoms with Crippen molar-refractivity contribution in [2.45, 2.75) is 44.9 Å². The smallest absolute Gasteiger partial charge is 0.226 e. The maximum Gasteiger partial charge on any atom is 0.226 e. The molecule has 0 aliphatic carbocycles.